The van der Waals surface area contributed by atoms with E-state index >= 15 is 0 Å². The molecule has 0 radical (unpaired) electrons. The van der Waals surface area contributed by atoms with Gasteiger partial charge in [-0.1, -0.05) is 73.2 Å². The van der Waals surface area contributed by atoms with E-state index in [0.29, 0.717) is 45.6 Å². The molecule has 0 aliphatic carbocycles. The summed E-state index contributed by atoms with van der Waals surface area (Å²) < 4.78 is 26.5. The number of aliphatic hydroxyl groups is 1. The normalized spacial score (nSPS) is 18.7. The van der Waals surface area contributed by atoms with E-state index in [1.165, 1.54) is 22.7 Å². The van der Waals surface area contributed by atoms with E-state index in [1.54, 1.807) is 54.6 Å². The first-order chi connectivity index (χ1) is 21.8. The lowest BCUT2D eigenvalue weighted by atomic mass is 9.94. The van der Waals surface area contributed by atoms with Gasteiger partial charge in [0.15, 0.2) is 4.34 Å². The molecule has 45 heavy (non-hydrogen) atoms. The minimum absolute atomic E-state index is 0.00546. The molecule has 1 N–H and O–H groups in total. The third-order valence-electron chi connectivity index (χ3n) is 7.72. The summed E-state index contributed by atoms with van der Waals surface area (Å²) in [6.45, 7) is 4.62. The average molecular weight is 646 g/mol. The van der Waals surface area contributed by atoms with Gasteiger partial charge in [0.05, 0.1) is 18.2 Å². The van der Waals surface area contributed by atoms with Gasteiger partial charge < -0.3 is 14.6 Å². The highest BCUT2D eigenvalue weighted by atomic mass is 32.2. The Bertz CT molecular complexity index is 1770. The predicted molar refractivity (Wildman–Crippen MR) is 172 cm³/mol. The first-order valence-corrected chi connectivity index (χ1v) is 16.7. The van der Waals surface area contributed by atoms with E-state index in [1.807, 2.05) is 13.0 Å². The molecular weight excluding hydrogens is 614 g/mol. The smallest absolute Gasteiger partial charge is 0.301 e. The fraction of sp³-hybridized carbons (Fsp3) is 0.294. The molecule has 11 heteroatoms. The van der Waals surface area contributed by atoms with Crippen LogP contribution in [-0.2, 0) is 21.8 Å². The van der Waals surface area contributed by atoms with Gasteiger partial charge in [0.25, 0.3) is 5.78 Å². The number of nitrogens with zero attached hydrogens (tertiary/aromatic N) is 3. The summed E-state index contributed by atoms with van der Waals surface area (Å²) in [5.74, 6) is -0.597. The van der Waals surface area contributed by atoms with Crippen LogP contribution in [0.5, 0.6) is 11.5 Å². The van der Waals surface area contributed by atoms with Crippen LogP contribution in [0.2, 0.25) is 0 Å². The number of halogens is 1. The van der Waals surface area contributed by atoms with E-state index in [4.69, 9.17) is 9.47 Å². The number of ether oxygens (including phenoxy) is 2. The molecule has 2 atom stereocenters. The molecule has 0 bridgehead atoms. The minimum Gasteiger partial charge on any atom is -0.507 e. The number of thioether (sulfide) groups is 1. The standard InChI is InChI=1S/C34H32FN3O5S2/c1-3-4-7-15-42-25-11-8-10-21(18-25)29-28(30(39)22-13-14-27-24(17-22)16-20(2)43-27)31(40)32(41)38(29)33-36-37-34(45-33)44-19-23-9-5-6-12-26(23)35/h5-6,8-14,17-18,20,29,39H,3-4,7,15-16,19H2,1-2H3/t20-,29-/m1/s1. The van der Waals surface area contributed by atoms with Gasteiger partial charge in [0.2, 0.25) is 5.13 Å². The molecule has 8 nitrogen and oxygen atoms in total. The second-order valence-electron chi connectivity index (χ2n) is 11.0. The van der Waals surface area contributed by atoms with Crippen LogP contribution in [0.1, 0.15) is 61.4 Å². The maximum atomic E-state index is 14.2. The van der Waals surface area contributed by atoms with Crippen LogP contribution in [0.25, 0.3) is 5.76 Å². The zero-order valence-corrected chi connectivity index (χ0v) is 26.5. The zero-order valence-electron chi connectivity index (χ0n) is 24.9. The average Bonchev–Trinajstić information content (AvgIpc) is 3.73. The number of aromatic nitrogens is 2. The van der Waals surface area contributed by atoms with Crippen molar-refractivity contribution in [2.45, 2.75) is 61.8 Å². The van der Waals surface area contributed by atoms with Gasteiger partial charge in [-0.15, -0.1) is 10.2 Å². The number of ketones is 1. The number of hydrogen-bond acceptors (Lipinski definition) is 9. The van der Waals surface area contributed by atoms with Crippen LogP contribution in [0.4, 0.5) is 9.52 Å². The molecule has 2 aliphatic heterocycles. The van der Waals surface area contributed by atoms with Crippen LogP contribution in [0, 0.1) is 5.82 Å². The summed E-state index contributed by atoms with van der Waals surface area (Å²) in [7, 11) is 0. The summed E-state index contributed by atoms with van der Waals surface area (Å²) in [5, 5.41) is 20.3. The highest BCUT2D eigenvalue weighted by Crippen LogP contribution is 2.45. The fourth-order valence-corrected chi connectivity index (χ4v) is 7.35. The van der Waals surface area contributed by atoms with E-state index in [9.17, 15) is 19.1 Å². The lowest BCUT2D eigenvalue weighted by Gasteiger charge is -2.23. The van der Waals surface area contributed by atoms with Crippen molar-refractivity contribution in [1.29, 1.82) is 0 Å². The van der Waals surface area contributed by atoms with E-state index in [0.717, 1.165) is 41.9 Å². The number of carbonyl (C=O) groups excluding carboxylic acids is 2. The van der Waals surface area contributed by atoms with Gasteiger partial charge in [-0.2, -0.15) is 0 Å². The Labute approximate surface area is 268 Å². The molecule has 1 fully saturated rings. The summed E-state index contributed by atoms with van der Waals surface area (Å²) in [6.07, 6.45) is 3.68. The molecule has 6 rings (SSSR count). The molecule has 0 unspecified atom stereocenters. The summed E-state index contributed by atoms with van der Waals surface area (Å²) in [4.78, 5) is 28.7. The second kappa shape index (κ2) is 13.4. The number of hydrogen-bond donors (Lipinski definition) is 1. The van der Waals surface area contributed by atoms with Gasteiger partial charge in [-0.3, -0.25) is 14.5 Å². The second-order valence-corrected chi connectivity index (χ2v) is 13.2. The highest BCUT2D eigenvalue weighted by Gasteiger charge is 2.48. The lowest BCUT2D eigenvalue weighted by molar-refractivity contribution is -0.132. The number of rotatable bonds is 11. The third kappa shape index (κ3) is 6.46. The van der Waals surface area contributed by atoms with Gasteiger partial charge in [-0.25, -0.2) is 4.39 Å². The Kier molecular flexibility index (Phi) is 9.18. The van der Waals surface area contributed by atoms with Crippen molar-refractivity contribution in [2.75, 3.05) is 11.5 Å². The molecule has 3 aromatic carbocycles. The van der Waals surface area contributed by atoms with E-state index in [2.05, 4.69) is 17.1 Å². The Morgan fingerprint density at radius 3 is 2.78 bits per heavy atom. The Morgan fingerprint density at radius 1 is 1.11 bits per heavy atom. The summed E-state index contributed by atoms with van der Waals surface area (Å²) in [5.41, 5.74) is 2.38. The van der Waals surface area contributed by atoms with Crippen LogP contribution < -0.4 is 14.4 Å². The van der Waals surface area contributed by atoms with Crippen molar-refractivity contribution in [3.8, 4) is 11.5 Å². The van der Waals surface area contributed by atoms with Crippen molar-refractivity contribution in [1.82, 2.24) is 10.2 Å². The fourth-order valence-electron chi connectivity index (χ4n) is 5.50. The molecule has 1 aromatic heterocycles. The predicted octanol–water partition coefficient (Wildman–Crippen LogP) is 7.49. The monoisotopic (exact) mass is 645 g/mol. The molecule has 3 heterocycles. The Balaban J connectivity index is 1.38. The van der Waals surface area contributed by atoms with Gasteiger partial charge >= 0.3 is 5.91 Å². The van der Waals surface area contributed by atoms with E-state index in [-0.39, 0.29) is 28.4 Å². The molecule has 0 spiro atoms. The number of amides is 1. The van der Waals surface area contributed by atoms with Crippen LogP contribution >= 0.6 is 23.1 Å². The topological polar surface area (TPSA) is 102 Å². The number of fused-ring (bicyclic) bond motifs is 1. The number of aliphatic hydroxyl groups excluding tert-OH is 1. The first kappa shape index (κ1) is 30.8. The maximum absolute atomic E-state index is 14.2. The minimum atomic E-state index is -0.981. The molecule has 1 amide bonds. The van der Waals surface area contributed by atoms with Gasteiger partial charge in [-0.05, 0) is 66.4 Å². The van der Waals surface area contributed by atoms with Crippen molar-refractivity contribution >= 4 is 45.7 Å². The molecular formula is C34H32FN3O5S2. The number of anilines is 1. The quantitative estimate of drug-likeness (QED) is 0.0447. The number of unbranched alkanes of at least 4 members (excludes halogenated alkanes) is 2. The molecule has 4 aromatic rings. The van der Waals surface area contributed by atoms with Gasteiger partial charge in [0.1, 0.15) is 29.2 Å². The number of benzene rings is 3. The largest absolute Gasteiger partial charge is 0.507 e. The van der Waals surface area contributed by atoms with Crippen molar-refractivity contribution in [2.24, 2.45) is 0 Å². The Morgan fingerprint density at radius 2 is 1.96 bits per heavy atom. The number of carbonyl (C=O) groups is 2. The summed E-state index contributed by atoms with van der Waals surface area (Å²) in [6, 6.07) is 18.0. The third-order valence-corrected chi connectivity index (χ3v) is 9.82. The zero-order chi connectivity index (χ0) is 31.5. The molecule has 2 aliphatic rings. The summed E-state index contributed by atoms with van der Waals surface area (Å²) >= 11 is 2.41. The van der Waals surface area contributed by atoms with Crippen molar-refractivity contribution in [3.05, 3.63) is 100 Å². The van der Waals surface area contributed by atoms with Crippen molar-refractivity contribution < 1.29 is 28.6 Å². The maximum Gasteiger partial charge on any atom is 0.301 e. The van der Waals surface area contributed by atoms with Gasteiger partial charge in [0, 0.05) is 17.7 Å². The lowest BCUT2D eigenvalue weighted by Crippen LogP contribution is -2.29. The van der Waals surface area contributed by atoms with Crippen LogP contribution in [0.15, 0.2) is 76.6 Å². The first-order valence-electron chi connectivity index (χ1n) is 14.9. The number of Topliss-reactive ketones (excluding diaryl/α,β-unsaturated/α-hetero) is 1. The van der Waals surface area contributed by atoms with E-state index < -0.39 is 17.7 Å². The van der Waals surface area contributed by atoms with Crippen LogP contribution in [-0.4, -0.2) is 39.7 Å². The van der Waals surface area contributed by atoms with Crippen LogP contribution in [0.3, 0.4) is 0 Å². The molecule has 1 saturated heterocycles. The molecule has 0 saturated carbocycles. The Hall–Kier alpha value is -4.22. The highest BCUT2D eigenvalue weighted by molar-refractivity contribution is 8.00. The SMILES string of the molecule is CCCCCOc1cccc([C@@H]2C(=C(O)c3ccc4c(c3)C[C@@H](C)O4)C(=O)C(=O)N2c2nnc(SCc3ccccc3F)s2)c1. The molecule has 232 valence electrons. The van der Waals surface area contributed by atoms with Crippen molar-refractivity contribution in [3.63, 3.8) is 0 Å².